The van der Waals surface area contributed by atoms with Gasteiger partial charge in [0.15, 0.2) is 0 Å². The molecule has 1 saturated carbocycles. The number of halogens is 1. The van der Waals surface area contributed by atoms with Crippen LogP contribution in [-0.4, -0.2) is 6.54 Å². The van der Waals surface area contributed by atoms with E-state index in [-0.39, 0.29) is 5.82 Å². The molecule has 0 bridgehead atoms. The molecule has 2 rings (SSSR count). The van der Waals surface area contributed by atoms with Crippen molar-refractivity contribution in [1.29, 1.82) is 0 Å². The summed E-state index contributed by atoms with van der Waals surface area (Å²) in [4.78, 5) is 0. The van der Waals surface area contributed by atoms with E-state index >= 15 is 0 Å². The molecular weight excluding hydrogens is 201 g/mol. The van der Waals surface area contributed by atoms with Crippen LogP contribution in [0.15, 0.2) is 18.2 Å². The highest BCUT2D eigenvalue weighted by atomic mass is 19.1. The molecule has 0 aliphatic heterocycles. The SMILES string of the molecule is Cc1ccc(F)cc1CC1CCCC1CN. The van der Waals surface area contributed by atoms with E-state index in [1.807, 2.05) is 6.07 Å². The first-order valence-electron chi connectivity index (χ1n) is 6.16. The fraction of sp³-hybridized carbons (Fsp3) is 0.571. The number of hydrogen-bond donors (Lipinski definition) is 1. The van der Waals surface area contributed by atoms with Gasteiger partial charge in [0.05, 0.1) is 0 Å². The number of benzene rings is 1. The number of nitrogens with two attached hydrogens (primary N) is 1. The van der Waals surface area contributed by atoms with Gasteiger partial charge in [0.2, 0.25) is 0 Å². The van der Waals surface area contributed by atoms with Crippen molar-refractivity contribution in [2.75, 3.05) is 6.54 Å². The molecule has 16 heavy (non-hydrogen) atoms. The lowest BCUT2D eigenvalue weighted by Crippen LogP contribution is -2.20. The van der Waals surface area contributed by atoms with Gasteiger partial charge in [-0.15, -0.1) is 0 Å². The van der Waals surface area contributed by atoms with Crippen molar-refractivity contribution in [3.63, 3.8) is 0 Å². The van der Waals surface area contributed by atoms with Gasteiger partial charge < -0.3 is 5.73 Å². The highest BCUT2D eigenvalue weighted by Gasteiger charge is 2.26. The molecular formula is C14H20FN. The molecule has 2 heteroatoms. The van der Waals surface area contributed by atoms with Gasteiger partial charge in [0.1, 0.15) is 5.82 Å². The second-order valence-electron chi connectivity index (χ2n) is 4.96. The van der Waals surface area contributed by atoms with E-state index in [9.17, 15) is 4.39 Å². The van der Waals surface area contributed by atoms with Gasteiger partial charge in [-0.3, -0.25) is 0 Å². The van der Waals surface area contributed by atoms with E-state index in [0.717, 1.165) is 18.5 Å². The highest BCUT2D eigenvalue weighted by Crippen LogP contribution is 2.34. The Morgan fingerprint density at radius 1 is 1.31 bits per heavy atom. The fourth-order valence-corrected chi connectivity index (χ4v) is 2.84. The van der Waals surface area contributed by atoms with Crippen LogP contribution in [0, 0.1) is 24.6 Å². The molecule has 1 aromatic rings. The largest absolute Gasteiger partial charge is 0.330 e. The molecule has 1 aliphatic rings. The predicted octanol–water partition coefficient (Wildman–Crippen LogP) is 3.05. The maximum Gasteiger partial charge on any atom is 0.123 e. The summed E-state index contributed by atoms with van der Waals surface area (Å²) in [5.41, 5.74) is 8.13. The molecule has 88 valence electrons. The van der Waals surface area contributed by atoms with Crippen LogP contribution in [0.1, 0.15) is 30.4 Å². The molecule has 1 aromatic carbocycles. The third-order valence-corrected chi connectivity index (χ3v) is 3.91. The normalized spacial score (nSPS) is 24.9. The number of hydrogen-bond acceptors (Lipinski definition) is 1. The Bertz CT molecular complexity index is 362. The molecule has 0 radical (unpaired) electrons. The number of aryl methyl sites for hydroxylation is 1. The molecule has 2 atom stereocenters. The maximum absolute atomic E-state index is 13.2. The first kappa shape index (κ1) is 11.6. The summed E-state index contributed by atoms with van der Waals surface area (Å²) >= 11 is 0. The Morgan fingerprint density at radius 2 is 2.06 bits per heavy atom. The van der Waals surface area contributed by atoms with Crippen molar-refractivity contribution in [3.8, 4) is 0 Å². The third kappa shape index (κ3) is 2.43. The van der Waals surface area contributed by atoms with Crippen LogP contribution in [0.3, 0.4) is 0 Å². The zero-order chi connectivity index (χ0) is 11.5. The lowest BCUT2D eigenvalue weighted by molar-refractivity contribution is 0.393. The summed E-state index contributed by atoms with van der Waals surface area (Å²) in [7, 11) is 0. The van der Waals surface area contributed by atoms with Gasteiger partial charge in [-0.2, -0.15) is 0 Å². The summed E-state index contributed by atoms with van der Waals surface area (Å²) in [6.45, 7) is 2.83. The van der Waals surface area contributed by atoms with Crippen molar-refractivity contribution in [3.05, 3.63) is 35.1 Å². The van der Waals surface area contributed by atoms with Crippen LogP contribution in [0.2, 0.25) is 0 Å². The zero-order valence-electron chi connectivity index (χ0n) is 9.88. The van der Waals surface area contributed by atoms with Crippen LogP contribution in [0.5, 0.6) is 0 Å². The van der Waals surface area contributed by atoms with Crippen LogP contribution in [0.4, 0.5) is 4.39 Å². The molecule has 2 N–H and O–H groups in total. The molecule has 0 aromatic heterocycles. The second kappa shape index (κ2) is 4.96. The molecule has 1 aliphatic carbocycles. The summed E-state index contributed by atoms with van der Waals surface area (Å²) in [6.07, 6.45) is 4.76. The van der Waals surface area contributed by atoms with Crippen molar-refractivity contribution in [1.82, 2.24) is 0 Å². The molecule has 0 saturated heterocycles. The Morgan fingerprint density at radius 3 is 2.81 bits per heavy atom. The summed E-state index contributed by atoms with van der Waals surface area (Å²) in [5.74, 6) is 1.18. The Hall–Kier alpha value is -0.890. The van der Waals surface area contributed by atoms with Crippen LogP contribution in [0.25, 0.3) is 0 Å². The van der Waals surface area contributed by atoms with Crippen LogP contribution < -0.4 is 5.73 Å². The molecule has 1 fully saturated rings. The minimum Gasteiger partial charge on any atom is -0.330 e. The minimum atomic E-state index is -0.122. The Balaban J connectivity index is 2.11. The Labute approximate surface area is 96.9 Å². The summed E-state index contributed by atoms with van der Waals surface area (Å²) in [6, 6.07) is 5.09. The first-order chi connectivity index (χ1) is 7.70. The number of rotatable bonds is 3. The van der Waals surface area contributed by atoms with E-state index in [1.165, 1.54) is 30.9 Å². The van der Waals surface area contributed by atoms with Crippen molar-refractivity contribution in [2.45, 2.75) is 32.6 Å². The van der Waals surface area contributed by atoms with Crippen molar-refractivity contribution in [2.24, 2.45) is 17.6 Å². The zero-order valence-corrected chi connectivity index (χ0v) is 9.88. The third-order valence-electron chi connectivity index (χ3n) is 3.91. The van der Waals surface area contributed by atoms with Gasteiger partial charge in [-0.25, -0.2) is 4.39 Å². The summed E-state index contributed by atoms with van der Waals surface area (Å²) in [5, 5.41) is 0. The van der Waals surface area contributed by atoms with E-state index < -0.39 is 0 Å². The quantitative estimate of drug-likeness (QED) is 0.834. The first-order valence-corrected chi connectivity index (χ1v) is 6.16. The monoisotopic (exact) mass is 221 g/mol. The van der Waals surface area contributed by atoms with E-state index in [2.05, 4.69) is 6.92 Å². The van der Waals surface area contributed by atoms with Gasteiger partial charge in [0, 0.05) is 0 Å². The Kier molecular flexibility index (Phi) is 3.59. The lowest BCUT2D eigenvalue weighted by Gasteiger charge is -2.18. The fourth-order valence-electron chi connectivity index (χ4n) is 2.84. The van der Waals surface area contributed by atoms with Gasteiger partial charge in [-0.05, 0) is 67.8 Å². The van der Waals surface area contributed by atoms with E-state index in [4.69, 9.17) is 5.73 Å². The van der Waals surface area contributed by atoms with Gasteiger partial charge in [-0.1, -0.05) is 12.5 Å². The summed E-state index contributed by atoms with van der Waals surface area (Å²) < 4.78 is 13.2. The molecule has 0 spiro atoms. The van der Waals surface area contributed by atoms with Crippen molar-refractivity contribution >= 4 is 0 Å². The highest BCUT2D eigenvalue weighted by molar-refractivity contribution is 5.27. The average Bonchev–Trinajstić information content (AvgIpc) is 2.71. The molecule has 0 amide bonds. The smallest absolute Gasteiger partial charge is 0.123 e. The van der Waals surface area contributed by atoms with Crippen molar-refractivity contribution < 1.29 is 4.39 Å². The topological polar surface area (TPSA) is 26.0 Å². The molecule has 2 unspecified atom stereocenters. The van der Waals surface area contributed by atoms with Gasteiger partial charge >= 0.3 is 0 Å². The maximum atomic E-state index is 13.2. The van der Waals surface area contributed by atoms with E-state index in [1.54, 1.807) is 6.07 Å². The minimum absolute atomic E-state index is 0.122. The molecule has 1 nitrogen and oxygen atoms in total. The standard InChI is InChI=1S/C14H20FN/c1-10-5-6-14(15)8-13(10)7-11-3-2-4-12(11)9-16/h5-6,8,11-12H,2-4,7,9,16H2,1H3. The second-order valence-corrected chi connectivity index (χ2v) is 4.96. The average molecular weight is 221 g/mol. The van der Waals surface area contributed by atoms with E-state index in [0.29, 0.717) is 11.8 Å². The van der Waals surface area contributed by atoms with Crippen LogP contribution in [-0.2, 0) is 6.42 Å². The predicted molar refractivity (Wildman–Crippen MR) is 64.7 cm³/mol. The molecule has 0 heterocycles. The van der Waals surface area contributed by atoms with Crippen LogP contribution >= 0.6 is 0 Å². The lowest BCUT2D eigenvalue weighted by atomic mass is 9.88. The van der Waals surface area contributed by atoms with Gasteiger partial charge in [0.25, 0.3) is 0 Å².